The summed E-state index contributed by atoms with van der Waals surface area (Å²) in [6.45, 7) is 5.42. The Morgan fingerprint density at radius 2 is 2.05 bits per heavy atom. The Morgan fingerprint density at radius 3 is 2.60 bits per heavy atom. The van der Waals surface area contributed by atoms with Gasteiger partial charge >= 0.3 is 0 Å². The molecule has 2 rings (SSSR count). The summed E-state index contributed by atoms with van der Waals surface area (Å²) in [4.78, 5) is 2.42. The Balaban J connectivity index is 2.42. The lowest BCUT2D eigenvalue weighted by molar-refractivity contribution is 0.535. The minimum atomic E-state index is 0.0531. The monoisotopic (exact) mass is 293 g/mol. The highest BCUT2D eigenvalue weighted by Crippen LogP contribution is 2.33. The van der Waals surface area contributed by atoms with Crippen LogP contribution in [0.5, 0.6) is 0 Å². The highest BCUT2D eigenvalue weighted by Gasteiger charge is 2.26. The standard InChI is InChI=1S/C16H24ClN3/c1-11(2)10-20(12-6-3-4-7-12)14-9-5-8-13(17)15(14)16(18)19/h5,8-9,11-12H,3-4,6-7,10H2,1-2H3,(H3,18,19). The Morgan fingerprint density at radius 1 is 1.40 bits per heavy atom. The van der Waals surface area contributed by atoms with E-state index in [0.717, 1.165) is 12.2 Å². The van der Waals surface area contributed by atoms with Gasteiger partial charge in [0.1, 0.15) is 5.84 Å². The summed E-state index contributed by atoms with van der Waals surface area (Å²) >= 11 is 6.26. The first-order valence-corrected chi connectivity index (χ1v) is 7.78. The van der Waals surface area contributed by atoms with Crippen LogP contribution >= 0.6 is 11.6 Å². The van der Waals surface area contributed by atoms with Gasteiger partial charge in [0.05, 0.1) is 10.6 Å². The molecule has 4 heteroatoms. The number of amidine groups is 1. The second kappa shape index (κ2) is 6.49. The Bertz CT molecular complexity index is 479. The first kappa shape index (κ1) is 15.2. The van der Waals surface area contributed by atoms with Crippen LogP contribution in [0.1, 0.15) is 45.1 Å². The zero-order chi connectivity index (χ0) is 14.7. The fourth-order valence-electron chi connectivity index (χ4n) is 3.07. The lowest BCUT2D eigenvalue weighted by Crippen LogP contribution is -2.37. The number of benzene rings is 1. The fraction of sp³-hybridized carbons (Fsp3) is 0.562. The predicted octanol–water partition coefficient (Wildman–Crippen LogP) is 4.03. The van der Waals surface area contributed by atoms with Crippen LogP contribution < -0.4 is 10.6 Å². The van der Waals surface area contributed by atoms with Crippen LogP contribution in [0.3, 0.4) is 0 Å². The van der Waals surface area contributed by atoms with E-state index in [-0.39, 0.29) is 5.84 Å². The third-order valence-corrected chi connectivity index (χ3v) is 4.21. The second-order valence-electron chi connectivity index (χ2n) is 6.03. The molecule has 0 aliphatic heterocycles. The maximum Gasteiger partial charge on any atom is 0.126 e. The molecule has 110 valence electrons. The maximum absolute atomic E-state index is 7.83. The van der Waals surface area contributed by atoms with Crippen molar-refractivity contribution in [3.8, 4) is 0 Å². The molecule has 0 spiro atoms. The van der Waals surface area contributed by atoms with Crippen LogP contribution in [0.2, 0.25) is 5.02 Å². The third kappa shape index (κ3) is 3.26. The zero-order valence-corrected chi connectivity index (χ0v) is 13.1. The number of hydrogen-bond donors (Lipinski definition) is 2. The number of halogens is 1. The molecule has 20 heavy (non-hydrogen) atoms. The van der Waals surface area contributed by atoms with E-state index < -0.39 is 0 Å². The average molecular weight is 294 g/mol. The summed E-state index contributed by atoms with van der Waals surface area (Å²) in [6, 6.07) is 6.36. The van der Waals surface area contributed by atoms with Gasteiger partial charge in [-0.2, -0.15) is 0 Å². The predicted molar refractivity (Wildman–Crippen MR) is 86.9 cm³/mol. The second-order valence-corrected chi connectivity index (χ2v) is 6.44. The zero-order valence-electron chi connectivity index (χ0n) is 12.3. The van der Waals surface area contributed by atoms with E-state index >= 15 is 0 Å². The fourth-order valence-corrected chi connectivity index (χ4v) is 3.34. The van der Waals surface area contributed by atoms with Crippen molar-refractivity contribution in [1.29, 1.82) is 5.41 Å². The summed E-state index contributed by atoms with van der Waals surface area (Å²) in [7, 11) is 0. The van der Waals surface area contributed by atoms with E-state index in [2.05, 4.69) is 18.7 Å². The molecule has 0 saturated heterocycles. The van der Waals surface area contributed by atoms with Gasteiger partial charge in [-0.3, -0.25) is 5.41 Å². The van der Waals surface area contributed by atoms with E-state index in [4.69, 9.17) is 22.7 Å². The molecule has 1 fully saturated rings. The topological polar surface area (TPSA) is 53.1 Å². The first-order valence-electron chi connectivity index (χ1n) is 7.40. The van der Waals surface area contributed by atoms with Gasteiger partial charge in [0.25, 0.3) is 0 Å². The summed E-state index contributed by atoms with van der Waals surface area (Å²) in [5.41, 5.74) is 7.46. The number of nitrogen functional groups attached to an aromatic ring is 1. The summed E-state index contributed by atoms with van der Waals surface area (Å²) in [6.07, 6.45) is 5.01. The average Bonchev–Trinajstić information content (AvgIpc) is 2.88. The van der Waals surface area contributed by atoms with Gasteiger partial charge in [-0.25, -0.2) is 0 Å². The number of anilines is 1. The molecule has 1 saturated carbocycles. The normalized spacial score (nSPS) is 15.8. The highest BCUT2D eigenvalue weighted by molar-refractivity contribution is 6.34. The van der Waals surface area contributed by atoms with Crippen LogP contribution in [0.15, 0.2) is 18.2 Å². The van der Waals surface area contributed by atoms with Crippen molar-refractivity contribution >= 4 is 23.1 Å². The van der Waals surface area contributed by atoms with Gasteiger partial charge in [-0.15, -0.1) is 0 Å². The molecule has 1 aliphatic carbocycles. The van der Waals surface area contributed by atoms with Crippen LogP contribution in [-0.2, 0) is 0 Å². The lowest BCUT2D eigenvalue weighted by Gasteiger charge is -2.34. The van der Waals surface area contributed by atoms with E-state index in [1.807, 2.05) is 18.2 Å². The van der Waals surface area contributed by atoms with Gasteiger partial charge in [0.15, 0.2) is 0 Å². The van der Waals surface area contributed by atoms with Gasteiger partial charge in [-0.1, -0.05) is 44.4 Å². The van der Waals surface area contributed by atoms with Gasteiger partial charge in [0.2, 0.25) is 0 Å². The Kier molecular flexibility index (Phi) is 4.92. The van der Waals surface area contributed by atoms with Crippen LogP contribution in [0, 0.1) is 11.3 Å². The van der Waals surface area contributed by atoms with Gasteiger partial charge in [0, 0.05) is 18.3 Å². The number of nitrogens with one attached hydrogen (secondary N) is 1. The molecule has 1 aromatic carbocycles. The minimum absolute atomic E-state index is 0.0531. The molecular weight excluding hydrogens is 270 g/mol. The molecule has 0 radical (unpaired) electrons. The number of hydrogen-bond acceptors (Lipinski definition) is 2. The summed E-state index contributed by atoms with van der Waals surface area (Å²) in [5, 5.41) is 8.40. The van der Waals surface area contributed by atoms with Crippen molar-refractivity contribution in [2.24, 2.45) is 11.7 Å². The molecule has 0 unspecified atom stereocenters. The van der Waals surface area contributed by atoms with Crippen molar-refractivity contribution in [2.75, 3.05) is 11.4 Å². The molecule has 0 bridgehead atoms. The molecule has 1 aromatic rings. The van der Waals surface area contributed by atoms with E-state index in [1.54, 1.807) is 0 Å². The quantitative estimate of drug-likeness (QED) is 0.636. The van der Waals surface area contributed by atoms with Crippen molar-refractivity contribution in [2.45, 2.75) is 45.6 Å². The maximum atomic E-state index is 7.83. The van der Waals surface area contributed by atoms with E-state index in [0.29, 0.717) is 22.5 Å². The third-order valence-electron chi connectivity index (χ3n) is 3.90. The highest BCUT2D eigenvalue weighted by atomic mass is 35.5. The molecule has 0 amide bonds. The number of rotatable bonds is 5. The molecule has 1 aliphatic rings. The summed E-state index contributed by atoms with van der Waals surface area (Å²) < 4.78 is 0. The van der Waals surface area contributed by atoms with Crippen molar-refractivity contribution in [3.63, 3.8) is 0 Å². The molecule has 3 nitrogen and oxygen atoms in total. The molecule has 0 heterocycles. The number of nitrogens with two attached hydrogens (primary N) is 1. The molecule has 0 aromatic heterocycles. The van der Waals surface area contributed by atoms with Crippen LogP contribution in [-0.4, -0.2) is 18.4 Å². The molecule has 0 atom stereocenters. The largest absolute Gasteiger partial charge is 0.384 e. The van der Waals surface area contributed by atoms with Crippen molar-refractivity contribution in [3.05, 3.63) is 28.8 Å². The first-order chi connectivity index (χ1) is 9.50. The minimum Gasteiger partial charge on any atom is -0.384 e. The Labute approximate surface area is 126 Å². The van der Waals surface area contributed by atoms with Gasteiger partial charge < -0.3 is 10.6 Å². The van der Waals surface area contributed by atoms with E-state index in [1.165, 1.54) is 25.7 Å². The van der Waals surface area contributed by atoms with Crippen molar-refractivity contribution < 1.29 is 0 Å². The lowest BCUT2D eigenvalue weighted by atomic mass is 10.1. The Hall–Kier alpha value is -1.22. The van der Waals surface area contributed by atoms with E-state index in [9.17, 15) is 0 Å². The molecule has 3 N–H and O–H groups in total. The van der Waals surface area contributed by atoms with Crippen LogP contribution in [0.25, 0.3) is 0 Å². The number of nitrogens with zero attached hydrogens (tertiary/aromatic N) is 1. The van der Waals surface area contributed by atoms with Gasteiger partial charge in [-0.05, 0) is 30.9 Å². The smallest absolute Gasteiger partial charge is 0.126 e. The SMILES string of the molecule is CC(C)CN(c1cccc(Cl)c1C(=N)N)C1CCCC1. The molecular formula is C16H24ClN3. The van der Waals surface area contributed by atoms with Crippen molar-refractivity contribution in [1.82, 2.24) is 0 Å². The van der Waals surface area contributed by atoms with Crippen LogP contribution in [0.4, 0.5) is 5.69 Å². The summed E-state index contributed by atoms with van der Waals surface area (Å²) in [5.74, 6) is 0.617.